The lowest BCUT2D eigenvalue weighted by Gasteiger charge is -2.18. The predicted molar refractivity (Wildman–Crippen MR) is 98.5 cm³/mol. The second-order valence-corrected chi connectivity index (χ2v) is 7.43. The average molecular weight is 377 g/mol. The molecule has 0 atom stereocenters. The number of aliphatic carboxylic acids is 1. The number of hydrogen-bond donors (Lipinski definition) is 1. The van der Waals surface area contributed by atoms with Crippen molar-refractivity contribution in [3.8, 4) is 17.2 Å². The number of carbonyl (C=O) groups is 1. The summed E-state index contributed by atoms with van der Waals surface area (Å²) in [4.78, 5) is 10.6. The number of halogens is 1. The quantitative estimate of drug-likeness (QED) is 0.809. The highest BCUT2D eigenvalue weighted by Gasteiger charge is 2.32. The van der Waals surface area contributed by atoms with Gasteiger partial charge in [0.15, 0.2) is 6.61 Å². The van der Waals surface area contributed by atoms with Crippen LogP contribution >= 0.6 is 11.6 Å². The maximum atomic E-state index is 10.6. The van der Waals surface area contributed by atoms with Crippen LogP contribution in [-0.2, 0) is 17.8 Å². The van der Waals surface area contributed by atoms with Gasteiger partial charge >= 0.3 is 5.97 Å². The Morgan fingerprint density at radius 2 is 2.04 bits per heavy atom. The Kier molecular flexibility index (Phi) is 5.01. The molecular weight excluding hydrogens is 356 g/mol. The zero-order valence-electron chi connectivity index (χ0n) is 15.0. The molecule has 0 saturated heterocycles. The summed E-state index contributed by atoms with van der Waals surface area (Å²) in [5, 5.41) is 9.34. The van der Waals surface area contributed by atoms with Crippen LogP contribution in [0.4, 0.5) is 0 Å². The summed E-state index contributed by atoms with van der Waals surface area (Å²) in [5.74, 6) is 1.02. The normalized spacial score (nSPS) is 14.5. The van der Waals surface area contributed by atoms with Crippen molar-refractivity contribution in [1.82, 2.24) is 0 Å². The molecule has 0 aliphatic carbocycles. The number of rotatable bonds is 6. The molecule has 138 valence electrons. The van der Waals surface area contributed by atoms with E-state index in [1.54, 1.807) is 18.2 Å². The fourth-order valence-corrected chi connectivity index (χ4v) is 3.29. The maximum Gasteiger partial charge on any atom is 0.341 e. The van der Waals surface area contributed by atoms with Crippen LogP contribution < -0.4 is 14.2 Å². The summed E-state index contributed by atoms with van der Waals surface area (Å²) in [6.45, 7) is 5.93. The van der Waals surface area contributed by atoms with E-state index in [-0.39, 0.29) is 12.2 Å². The third-order valence-corrected chi connectivity index (χ3v) is 4.31. The van der Waals surface area contributed by atoms with Gasteiger partial charge in [-0.1, -0.05) is 11.6 Å². The first-order valence-corrected chi connectivity index (χ1v) is 8.70. The van der Waals surface area contributed by atoms with Gasteiger partial charge in [-0.25, -0.2) is 4.79 Å². The highest BCUT2D eigenvalue weighted by molar-refractivity contribution is 6.30. The number of aryl methyl sites for hydroxylation is 1. The third kappa shape index (κ3) is 4.22. The SMILES string of the molecule is Cc1cc(OCC(=O)O)ccc1OCc1cc(Cl)cc2c1OC(C)(C)C2. The fraction of sp³-hybridized carbons (Fsp3) is 0.350. The van der Waals surface area contributed by atoms with Crippen molar-refractivity contribution in [3.63, 3.8) is 0 Å². The molecule has 0 unspecified atom stereocenters. The van der Waals surface area contributed by atoms with Crippen molar-refractivity contribution < 1.29 is 24.1 Å². The van der Waals surface area contributed by atoms with Crippen LogP contribution in [0.3, 0.4) is 0 Å². The number of benzene rings is 2. The van der Waals surface area contributed by atoms with Crippen molar-refractivity contribution in [3.05, 3.63) is 52.0 Å². The van der Waals surface area contributed by atoms with Crippen molar-refractivity contribution in [2.75, 3.05) is 6.61 Å². The molecule has 0 saturated carbocycles. The van der Waals surface area contributed by atoms with E-state index >= 15 is 0 Å². The lowest BCUT2D eigenvalue weighted by molar-refractivity contribution is -0.139. The van der Waals surface area contributed by atoms with Gasteiger partial charge in [0.05, 0.1) is 0 Å². The molecule has 3 rings (SSSR count). The second-order valence-electron chi connectivity index (χ2n) is 6.99. The molecule has 1 N–H and O–H groups in total. The van der Waals surface area contributed by atoms with E-state index in [0.717, 1.165) is 28.9 Å². The minimum atomic E-state index is -1.01. The van der Waals surface area contributed by atoms with E-state index < -0.39 is 5.97 Å². The van der Waals surface area contributed by atoms with E-state index in [4.69, 9.17) is 30.9 Å². The van der Waals surface area contributed by atoms with Gasteiger partial charge in [-0.15, -0.1) is 0 Å². The van der Waals surface area contributed by atoms with E-state index in [1.807, 2.05) is 32.9 Å². The molecule has 0 aromatic heterocycles. The highest BCUT2D eigenvalue weighted by atomic mass is 35.5. The van der Waals surface area contributed by atoms with Crippen LogP contribution in [0.5, 0.6) is 17.2 Å². The van der Waals surface area contributed by atoms with Crippen molar-refractivity contribution >= 4 is 17.6 Å². The minimum absolute atomic E-state index is 0.249. The van der Waals surface area contributed by atoms with E-state index in [9.17, 15) is 4.79 Å². The molecule has 0 spiro atoms. The van der Waals surface area contributed by atoms with Crippen LogP contribution in [0.1, 0.15) is 30.5 Å². The molecule has 26 heavy (non-hydrogen) atoms. The Labute approximate surface area is 157 Å². The molecule has 2 aromatic carbocycles. The molecule has 1 heterocycles. The van der Waals surface area contributed by atoms with Crippen LogP contribution in [0.15, 0.2) is 30.3 Å². The van der Waals surface area contributed by atoms with Crippen LogP contribution in [0.25, 0.3) is 0 Å². The molecule has 5 nitrogen and oxygen atoms in total. The first-order chi connectivity index (χ1) is 12.2. The summed E-state index contributed by atoms with van der Waals surface area (Å²) in [6.07, 6.45) is 0.810. The molecule has 0 radical (unpaired) electrons. The zero-order chi connectivity index (χ0) is 18.9. The highest BCUT2D eigenvalue weighted by Crippen LogP contribution is 2.40. The number of fused-ring (bicyclic) bond motifs is 1. The number of carboxylic acid groups (broad SMARTS) is 1. The lowest BCUT2D eigenvalue weighted by Crippen LogP contribution is -2.25. The first kappa shape index (κ1) is 18.4. The first-order valence-electron chi connectivity index (χ1n) is 8.32. The topological polar surface area (TPSA) is 65.0 Å². The molecule has 0 bridgehead atoms. The van der Waals surface area contributed by atoms with E-state index in [1.165, 1.54) is 0 Å². The summed E-state index contributed by atoms with van der Waals surface area (Å²) < 4.78 is 17.2. The van der Waals surface area contributed by atoms with Gasteiger partial charge in [0, 0.05) is 17.0 Å². The second kappa shape index (κ2) is 7.08. The van der Waals surface area contributed by atoms with Gasteiger partial charge in [0.2, 0.25) is 0 Å². The largest absolute Gasteiger partial charge is 0.488 e. The molecule has 1 aliphatic rings. The fourth-order valence-electron chi connectivity index (χ4n) is 3.03. The van der Waals surface area contributed by atoms with Gasteiger partial charge in [-0.2, -0.15) is 0 Å². The zero-order valence-corrected chi connectivity index (χ0v) is 15.7. The molecule has 6 heteroatoms. The lowest BCUT2D eigenvalue weighted by atomic mass is 10.0. The summed E-state index contributed by atoms with van der Waals surface area (Å²) >= 11 is 6.24. The monoisotopic (exact) mass is 376 g/mol. The van der Waals surface area contributed by atoms with Crippen LogP contribution in [0.2, 0.25) is 5.02 Å². The molecule has 0 amide bonds. The van der Waals surface area contributed by atoms with Gasteiger partial charge in [0.1, 0.15) is 29.5 Å². The Balaban J connectivity index is 1.73. The Hall–Kier alpha value is -2.40. The van der Waals surface area contributed by atoms with Gasteiger partial charge in [-0.3, -0.25) is 0 Å². The molecule has 2 aromatic rings. The van der Waals surface area contributed by atoms with Gasteiger partial charge < -0.3 is 19.3 Å². The Morgan fingerprint density at radius 3 is 2.73 bits per heavy atom. The minimum Gasteiger partial charge on any atom is -0.488 e. The van der Waals surface area contributed by atoms with Gasteiger partial charge in [0.25, 0.3) is 0 Å². The number of carboxylic acids is 1. The maximum absolute atomic E-state index is 10.6. The van der Waals surface area contributed by atoms with Crippen molar-refractivity contribution in [1.29, 1.82) is 0 Å². The smallest absolute Gasteiger partial charge is 0.341 e. The van der Waals surface area contributed by atoms with Crippen LogP contribution in [0, 0.1) is 6.92 Å². The molecular formula is C20H21ClO5. The standard InChI is InChI=1S/C20H21ClO5/c1-12-6-16(24-11-18(22)23)4-5-17(12)25-10-14-8-15(21)7-13-9-20(2,3)26-19(13)14/h4-8H,9-11H2,1-3H3,(H,22,23). The van der Waals surface area contributed by atoms with Crippen molar-refractivity contribution in [2.24, 2.45) is 0 Å². The summed E-state index contributed by atoms with van der Waals surface area (Å²) in [6, 6.07) is 9.01. The van der Waals surface area contributed by atoms with Gasteiger partial charge in [-0.05, 0) is 62.2 Å². The van der Waals surface area contributed by atoms with E-state index in [2.05, 4.69) is 0 Å². The molecule has 0 fully saturated rings. The Morgan fingerprint density at radius 1 is 1.27 bits per heavy atom. The molecule has 1 aliphatic heterocycles. The summed E-state index contributed by atoms with van der Waals surface area (Å²) in [7, 11) is 0. The average Bonchev–Trinajstić information content (AvgIpc) is 2.85. The Bertz CT molecular complexity index is 844. The van der Waals surface area contributed by atoms with E-state index in [0.29, 0.717) is 23.1 Å². The van der Waals surface area contributed by atoms with Crippen LogP contribution in [-0.4, -0.2) is 23.3 Å². The number of hydrogen-bond acceptors (Lipinski definition) is 4. The predicted octanol–water partition coefficient (Wildman–Crippen LogP) is 4.40. The summed E-state index contributed by atoms with van der Waals surface area (Å²) in [5.41, 5.74) is 2.60. The number of ether oxygens (including phenoxy) is 3. The third-order valence-electron chi connectivity index (χ3n) is 4.09. The van der Waals surface area contributed by atoms with Crippen molar-refractivity contribution in [2.45, 2.75) is 39.4 Å².